The van der Waals surface area contributed by atoms with Crippen molar-refractivity contribution in [3.05, 3.63) is 41.7 Å². The number of aromatic nitrogens is 5. The summed E-state index contributed by atoms with van der Waals surface area (Å²) in [6.07, 6.45) is -4.67. The van der Waals surface area contributed by atoms with E-state index in [1.807, 2.05) is 30.3 Å². The smallest absolute Gasteiger partial charge is 0.379 e. The van der Waals surface area contributed by atoms with E-state index in [-0.39, 0.29) is 23.5 Å². The molecule has 0 bridgehead atoms. The molecule has 29 heavy (non-hydrogen) atoms. The van der Waals surface area contributed by atoms with Gasteiger partial charge >= 0.3 is 6.18 Å². The molecular formula is C18H20F3N7O. The van der Waals surface area contributed by atoms with Gasteiger partial charge in [0.05, 0.1) is 19.8 Å². The van der Waals surface area contributed by atoms with Crippen LogP contribution >= 0.6 is 0 Å². The minimum atomic E-state index is -4.67. The molecule has 0 radical (unpaired) electrons. The first kappa shape index (κ1) is 19.5. The largest absolute Gasteiger partial charge is 0.451 e. The Balaban J connectivity index is 1.60. The SMILES string of the molecule is FC(F)(F)c1nc(NCCN2CCOCC2)c2nnn(Cc3ccccc3)c2n1. The summed E-state index contributed by atoms with van der Waals surface area (Å²) in [5.41, 5.74) is 1.15. The molecule has 1 N–H and O–H groups in total. The van der Waals surface area contributed by atoms with Crippen molar-refractivity contribution in [2.24, 2.45) is 0 Å². The first-order chi connectivity index (χ1) is 14.0. The lowest BCUT2D eigenvalue weighted by Crippen LogP contribution is -2.39. The van der Waals surface area contributed by atoms with Crippen LogP contribution in [0, 0.1) is 0 Å². The Morgan fingerprint density at radius 2 is 1.83 bits per heavy atom. The highest BCUT2D eigenvalue weighted by Crippen LogP contribution is 2.29. The van der Waals surface area contributed by atoms with E-state index >= 15 is 0 Å². The third-order valence-electron chi connectivity index (χ3n) is 4.62. The predicted octanol–water partition coefficient (Wildman–Crippen LogP) is 2.03. The molecule has 3 heterocycles. The lowest BCUT2D eigenvalue weighted by Gasteiger charge is -2.26. The molecule has 2 aromatic heterocycles. The molecule has 4 rings (SSSR count). The van der Waals surface area contributed by atoms with E-state index in [1.165, 1.54) is 4.68 Å². The van der Waals surface area contributed by atoms with E-state index in [0.29, 0.717) is 26.3 Å². The van der Waals surface area contributed by atoms with Crippen molar-refractivity contribution >= 4 is 17.0 Å². The van der Waals surface area contributed by atoms with Gasteiger partial charge in [-0.25, -0.2) is 14.6 Å². The molecule has 3 aromatic rings. The average Bonchev–Trinajstić information content (AvgIpc) is 3.12. The summed E-state index contributed by atoms with van der Waals surface area (Å²) < 4.78 is 46.7. The number of alkyl halides is 3. The maximum atomic E-state index is 13.3. The van der Waals surface area contributed by atoms with Crippen LogP contribution in [0.2, 0.25) is 0 Å². The molecular weight excluding hydrogens is 387 g/mol. The number of hydrogen-bond donors (Lipinski definition) is 1. The van der Waals surface area contributed by atoms with Crippen molar-refractivity contribution in [3.63, 3.8) is 0 Å². The maximum Gasteiger partial charge on any atom is 0.451 e. The van der Waals surface area contributed by atoms with E-state index in [1.54, 1.807) is 0 Å². The molecule has 1 aliphatic rings. The van der Waals surface area contributed by atoms with Crippen molar-refractivity contribution in [2.45, 2.75) is 12.7 Å². The molecule has 0 unspecified atom stereocenters. The molecule has 1 fully saturated rings. The fourth-order valence-corrected chi connectivity index (χ4v) is 3.13. The number of rotatable bonds is 6. The summed E-state index contributed by atoms with van der Waals surface area (Å²) in [6, 6.07) is 9.29. The Bertz CT molecular complexity index is 955. The molecule has 0 aliphatic carbocycles. The topological polar surface area (TPSA) is 81.0 Å². The number of benzene rings is 1. The lowest BCUT2D eigenvalue weighted by molar-refractivity contribution is -0.144. The second-order valence-corrected chi connectivity index (χ2v) is 6.68. The molecule has 11 heteroatoms. The zero-order chi connectivity index (χ0) is 20.3. The quantitative estimate of drug-likeness (QED) is 0.670. The average molecular weight is 407 g/mol. The number of ether oxygens (including phenoxy) is 1. The Hall–Kier alpha value is -2.79. The molecule has 0 atom stereocenters. The standard InChI is InChI=1S/C18H20F3N7O/c19-18(20,21)17-23-15(22-6-7-27-8-10-29-11-9-27)14-16(24-17)28(26-25-14)12-13-4-2-1-3-5-13/h1-5H,6-12H2,(H,22,23,24). The summed E-state index contributed by atoms with van der Waals surface area (Å²) in [5.74, 6) is -1.18. The summed E-state index contributed by atoms with van der Waals surface area (Å²) in [4.78, 5) is 9.54. The van der Waals surface area contributed by atoms with Crippen LogP contribution in [0.1, 0.15) is 11.4 Å². The number of nitrogens with one attached hydrogen (secondary N) is 1. The van der Waals surface area contributed by atoms with Gasteiger partial charge in [0, 0.05) is 26.2 Å². The summed E-state index contributed by atoms with van der Waals surface area (Å²) in [7, 11) is 0. The first-order valence-electron chi connectivity index (χ1n) is 9.27. The maximum absolute atomic E-state index is 13.3. The number of hydrogen-bond acceptors (Lipinski definition) is 7. The van der Waals surface area contributed by atoms with Gasteiger partial charge in [0.25, 0.3) is 0 Å². The monoisotopic (exact) mass is 407 g/mol. The number of anilines is 1. The molecule has 8 nitrogen and oxygen atoms in total. The molecule has 0 amide bonds. The van der Waals surface area contributed by atoms with Crippen LogP contribution < -0.4 is 5.32 Å². The van der Waals surface area contributed by atoms with Crippen molar-refractivity contribution in [3.8, 4) is 0 Å². The number of halogens is 3. The van der Waals surface area contributed by atoms with Gasteiger partial charge in [-0.1, -0.05) is 35.5 Å². The Morgan fingerprint density at radius 1 is 1.07 bits per heavy atom. The minimum absolute atomic E-state index is 0.0369. The zero-order valence-corrected chi connectivity index (χ0v) is 15.6. The third kappa shape index (κ3) is 4.62. The highest BCUT2D eigenvalue weighted by molar-refractivity contribution is 5.82. The van der Waals surface area contributed by atoms with E-state index in [9.17, 15) is 13.2 Å². The number of morpholine rings is 1. The van der Waals surface area contributed by atoms with Crippen LogP contribution in [0.4, 0.5) is 19.0 Å². The van der Waals surface area contributed by atoms with Crippen LogP contribution in [0.5, 0.6) is 0 Å². The molecule has 0 spiro atoms. The van der Waals surface area contributed by atoms with Crippen molar-refractivity contribution in [1.82, 2.24) is 29.9 Å². The van der Waals surface area contributed by atoms with Gasteiger partial charge in [0.1, 0.15) is 0 Å². The number of nitrogens with zero attached hydrogens (tertiary/aromatic N) is 6. The fraction of sp³-hybridized carbons (Fsp3) is 0.444. The fourth-order valence-electron chi connectivity index (χ4n) is 3.13. The normalized spacial score (nSPS) is 15.7. The lowest BCUT2D eigenvalue weighted by atomic mass is 10.2. The third-order valence-corrected chi connectivity index (χ3v) is 4.62. The first-order valence-corrected chi connectivity index (χ1v) is 9.27. The van der Waals surface area contributed by atoms with Gasteiger partial charge in [0.2, 0.25) is 5.82 Å². The number of fused-ring (bicyclic) bond motifs is 1. The zero-order valence-electron chi connectivity index (χ0n) is 15.6. The Morgan fingerprint density at radius 3 is 2.55 bits per heavy atom. The van der Waals surface area contributed by atoms with Crippen molar-refractivity contribution < 1.29 is 17.9 Å². The highest BCUT2D eigenvalue weighted by Gasteiger charge is 2.36. The Kier molecular flexibility index (Phi) is 5.58. The van der Waals surface area contributed by atoms with Gasteiger partial charge in [-0.3, -0.25) is 4.90 Å². The van der Waals surface area contributed by atoms with Gasteiger partial charge in [-0.05, 0) is 5.56 Å². The van der Waals surface area contributed by atoms with Crippen LogP contribution in [-0.2, 0) is 17.5 Å². The van der Waals surface area contributed by atoms with E-state index < -0.39 is 12.0 Å². The molecule has 1 aliphatic heterocycles. The van der Waals surface area contributed by atoms with Gasteiger partial charge in [-0.2, -0.15) is 13.2 Å². The second kappa shape index (κ2) is 8.29. The highest BCUT2D eigenvalue weighted by atomic mass is 19.4. The van der Waals surface area contributed by atoms with E-state index in [0.717, 1.165) is 18.7 Å². The second-order valence-electron chi connectivity index (χ2n) is 6.68. The summed E-state index contributed by atoms with van der Waals surface area (Å²) in [6.45, 7) is 4.25. The molecule has 1 aromatic carbocycles. The Labute approximate surface area is 164 Å². The molecule has 1 saturated heterocycles. The van der Waals surface area contributed by atoms with Crippen molar-refractivity contribution in [2.75, 3.05) is 44.7 Å². The summed E-state index contributed by atoms with van der Waals surface area (Å²) in [5, 5.41) is 11.0. The molecule has 0 saturated carbocycles. The van der Waals surface area contributed by atoms with Gasteiger partial charge in [0.15, 0.2) is 17.0 Å². The minimum Gasteiger partial charge on any atom is -0.379 e. The summed E-state index contributed by atoms with van der Waals surface area (Å²) >= 11 is 0. The molecule has 154 valence electrons. The van der Waals surface area contributed by atoms with Gasteiger partial charge < -0.3 is 10.1 Å². The van der Waals surface area contributed by atoms with Crippen molar-refractivity contribution in [1.29, 1.82) is 0 Å². The van der Waals surface area contributed by atoms with Crippen LogP contribution in [0.3, 0.4) is 0 Å². The van der Waals surface area contributed by atoms with E-state index in [2.05, 4.69) is 30.5 Å². The van der Waals surface area contributed by atoms with Crippen LogP contribution in [-0.4, -0.2) is 69.3 Å². The van der Waals surface area contributed by atoms with Gasteiger partial charge in [-0.15, -0.1) is 5.10 Å². The van der Waals surface area contributed by atoms with Crippen LogP contribution in [0.15, 0.2) is 30.3 Å². The predicted molar refractivity (Wildman–Crippen MR) is 99.4 cm³/mol. The van der Waals surface area contributed by atoms with Crippen LogP contribution in [0.25, 0.3) is 11.2 Å². The van der Waals surface area contributed by atoms with E-state index in [4.69, 9.17) is 4.74 Å².